The molecule has 0 fully saturated rings. The molecule has 144 valence electrons. The van der Waals surface area contributed by atoms with E-state index in [1.165, 1.54) is 18.4 Å². The molecule has 1 heterocycles. The Morgan fingerprint density at radius 1 is 1.14 bits per heavy atom. The van der Waals surface area contributed by atoms with Crippen molar-refractivity contribution in [1.29, 1.82) is 0 Å². The molecule has 1 amide bonds. The maximum Gasteiger partial charge on any atom is 0.341 e. The number of nitrogens with one attached hydrogen (secondary N) is 1. The van der Waals surface area contributed by atoms with E-state index in [-0.39, 0.29) is 5.91 Å². The van der Waals surface area contributed by atoms with Gasteiger partial charge in [-0.3, -0.25) is 4.79 Å². The van der Waals surface area contributed by atoms with Gasteiger partial charge in [-0.2, -0.15) is 0 Å². The second-order valence-corrected chi connectivity index (χ2v) is 7.91. The van der Waals surface area contributed by atoms with E-state index in [0.29, 0.717) is 21.2 Å². The van der Waals surface area contributed by atoms with E-state index in [1.54, 1.807) is 24.3 Å². The summed E-state index contributed by atoms with van der Waals surface area (Å²) in [5, 5.41) is 3.90. The SMILES string of the molecule is CCc1ccc(C(=O)Nc2sc(C)c(-c3cccc(Cl)c3)c2C(=O)OC)cc1. The van der Waals surface area contributed by atoms with Crippen LogP contribution in [0.4, 0.5) is 5.00 Å². The molecule has 1 N–H and O–H groups in total. The van der Waals surface area contributed by atoms with Crippen molar-refractivity contribution < 1.29 is 14.3 Å². The lowest BCUT2D eigenvalue weighted by molar-refractivity contribution is 0.0603. The van der Waals surface area contributed by atoms with Crippen LogP contribution in [0.3, 0.4) is 0 Å². The fourth-order valence-corrected chi connectivity index (χ4v) is 4.24. The van der Waals surface area contributed by atoms with Crippen molar-refractivity contribution in [1.82, 2.24) is 0 Å². The van der Waals surface area contributed by atoms with Crippen LogP contribution in [0.1, 0.15) is 38.1 Å². The molecule has 28 heavy (non-hydrogen) atoms. The highest BCUT2D eigenvalue weighted by Crippen LogP contribution is 2.41. The summed E-state index contributed by atoms with van der Waals surface area (Å²) in [5.74, 6) is -0.775. The topological polar surface area (TPSA) is 55.4 Å². The highest BCUT2D eigenvalue weighted by Gasteiger charge is 2.25. The first-order chi connectivity index (χ1) is 13.4. The Morgan fingerprint density at radius 2 is 1.86 bits per heavy atom. The molecular weight excluding hydrogens is 394 g/mol. The van der Waals surface area contributed by atoms with Crippen LogP contribution in [0.15, 0.2) is 48.5 Å². The second kappa shape index (κ2) is 8.59. The number of aryl methyl sites for hydroxylation is 2. The largest absolute Gasteiger partial charge is 0.465 e. The third-order valence-corrected chi connectivity index (χ3v) is 5.69. The Bertz CT molecular complexity index is 1020. The molecule has 0 saturated carbocycles. The normalized spacial score (nSPS) is 10.6. The maximum absolute atomic E-state index is 12.7. The average molecular weight is 414 g/mol. The molecule has 0 unspecified atom stereocenters. The van der Waals surface area contributed by atoms with Gasteiger partial charge in [0.15, 0.2) is 0 Å². The molecule has 0 radical (unpaired) electrons. The lowest BCUT2D eigenvalue weighted by Gasteiger charge is -2.09. The predicted octanol–water partition coefficient (Wildman–Crippen LogP) is 5.98. The Labute approximate surface area is 173 Å². The predicted molar refractivity (Wildman–Crippen MR) is 115 cm³/mol. The van der Waals surface area contributed by atoms with Crippen molar-refractivity contribution >= 4 is 39.8 Å². The quantitative estimate of drug-likeness (QED) is 0.523. The van der Waals surface area contributed by atoms with Crippen LogP contribution in [0.25, 0.3) is 11.1 Å². The van der Waals surface area contributed by atoms with Crippen molar-refractivity contribution in [2.45, 2.75) is 20.3 Å². The second-order valence-electron chi connectivity index (χ2n) is 6.24. The summed E-state index contributed by atoms with van der Waals surface area (Å²) >= 11 is 7.47. The molecule has 3 rings (SSSR count). The molecule has 0 atom stereocenters. The number of methoxy groups -OCH3 is 1. The van der Waals surface area contributed by atoms with Gasteiger partial charge in [0.25, 0.3) is 5.91 Å². The Kier molecular flexibility index (Phi) is 6.17. The van der Waals surface area contributed by atoms with E-state index in [1.807, 2.05) is 31.2 Å². The first kappa shape index (κ1) is 20.1. The summed E-state index contributed by atoms with van der Waals surface area (Å²) in [6.45, 7) is 3.96. The standard InChI is InChI=1S/C22H20ClNO3S/c1-4-14-8-10-15(11-9-14)20(25)24-21-19(22(26)27-3)18(13(2)28-21)16-6-5-7-17(23)12-16/h5-12H,4H2,1-3H3,(H,24,25). The van der Waals surface area contributed by atoms with Gasteiger partial charge in [0.1, 0.15) is 10.6 Å². The van der Waals surface area contributed by atoms with Crippen molar-refractivity contribution in [2.24, 2.45) is 0 Å². The highest BCUT2D eigenvalue weighted by atomic mass is 35.5. The molecule has 0 bridgehead atoms. The molecule has 4 nitrogen and oxygen atoms in total. The minimum absolute atomic E-state index is 0.272. The van der Waals surface area contributed by atoms with Crippen molar-refractivity contribution in [3.63, 3.8) is 0 Å². The smallest absolute Gasteiger partial charge is 0.341 e. The molecule has 0 spiro atoms. The number of amides is 1. The number of ether oxygens (including phenoxy) is 1. The minimum Gasteiger partial charge on any atom is -0.465 e. The van der Waals surface area contributed by atoms with Crippen molar-refractivity contribution in [2.75, 3.05) is 12.4 Å². The summed E-state index contributed by atoms with van der Waals surface area (Å²) < 4.78 is 4.98. The van der Waals surface area contributed by atoms with E-state index >= 15 is 0 Å². The number of hydrogen-bond acceptors (Lipinski definition) is 4. The van der Waals surface area contributed by atoms with Crippen LogP contribution in [0.5, 0.6) is 0 Å². The number of esters is 1. The molecule has 0 aliphatic carbocycles. The van der Waals surface area contributed by atoms with Crippen molar-refractivity contribution in [3.05, 3.63) is 75.1 Å². The summed E-state index contributed by atoms with van der Waals surface area (Å²) in [6, 6.07) is 14.7. The number of carbonyl (C=O) groups is 2. The molecule has 1 aromatic heterocycles. The van der Waals surface area contributed by atoms with Crippen LogP contribution >= 0.6 is 22.9 Å². The van der Waals surface area contributed by atoms with Gasteiger partial charge in [0, 0.05) is 21.0 Å². The van der Waals surface area contributed by atoms with Gasteiger partial charge < -0.3 is 10.1 Å². The van der Waals surface area contributed by atoms with Gasteiger partial charge in [-0.05, 0) is 48.7 Å². The maximum atomic E-state index is 12.7. The average Bonchev–Trinajstić information content (AvgIpc) is 3.03. The number of anilines is 1. The number of rotatable bonds is 5. The van der Waals surface area contributed by atoms with Gasteiger partial charge >= 0.3 is 5.97 Å². The Morgan fingerprint density at radius 3 is 2.46 bits per heavy atom. The van der Waals surface area contributed by atoms with E-state index in [0.717, 1.165) is 28.0 Å². The number of hydrogen-bond donors (Lipinski definition) is 1. The minimum atomic E-state index is -0.504. The number of halogens is 1. The number of carbonyl (C=O) groups excluding carboxylic acids is 2. The van der Waals surface area contributed by atoms with Gasteiger partial charge in [-0.15, -0.1) is 11.3 Å². The van der Waals surface area contributed by atoms with Gasteiger partial charge in [0.05, 0.1) is 7.11 Å². The van der Waals surface area contributed by atoms with Gasteiger partial charge in [0.2, 0.25) is 0 Å². The van der Waals surface area contributed by atoms with Crippen LogP contribution in [0.2, 0.25) is 5.02 Å². The summed E-state index contributed by atoms with van der Waals surface area (Å²) in [4.78, 5) is 26.1. The first-order valence-corrected chi connectivity index (χ1v) is 10.0. The zero-order valence-electron chi connectivity index (χ0n) is 15.8. The highest BCUT2D eigenvalue weighted by molar-refractivity contribution is 7.17. The molecule has 2 aromatic carbocycles. The first-order valence-electron chi connectivity index (χ1n) is 8.82. The van der Waals surface area contributed by atoms with Crippen LogP contribution in [0, 0.1) is 6.92 Å². The fraction of sp³-hybridized carbons (Fsp3) is 0.182. The molecule has 6 heteroatoms. The van der Waals surface area contributed by atoms with E-state index in [4.69, 9.17) is 16.3 Å². The summed E-state index contributed by atoms with van der Waals surface area (Å²) in [7, 11) is 1.33. The number of thiophene rings is 1. The molecular formula is C22H20ClNO3S. The third kappa shape index (κ3) is 4.11. The van der Waals surface area contributed by atoms with E-state index in [9.17, 15) is 9.59 Å². The van der Waals surface area contributed by atoms with Crippen molar-refractivity contribution in [3.8, 4) is 11.1 Å². The monoisotopic (exact) mass is 413 g/mol. The lowest BCUT2D eigenvalue weighted by Crippen LogP contribution is -2.14. The zero-order chi connectivity index (χ0) is 20.3. The van der Waals surface area contributed by atoms with Crippen LogP contribution in [-0.4, -0.2) is 19.0 Å². The zero-order valence-corrected chi connectivity index (χ0v) is 17.4. The van der Waals surface area contributed by atoms with E-state index < -0.39 is 5.97 Å². The molecule has 0 aliphatic heterocycles. The van der Waals surface area contributed by atoms with Gasteiger partial charge in [-0.25, -0.2) is 4.79 Å². The summed E-state index contributed by atoms with van der Waals surface area (Å²) in [5.41, 5.74) is 3.54. The van der Waals surface area contributed by atoms with Crippen LogP contribution < -0.4 is 5.32 Å². The number of benzene rings is 2. The Balaban J connectivity index is 2.02. The lowest BCUT2D eigenvalue weighted by atomic mass is 10.0. The Hall–Kier alpha value is -2.63. The van der Waals surface area contributed by atoms with E-state index in [2.05, 4.69) is 12.2 Å². The van der Waals surface area contributed by atoms with Crippen LogP contribution in [-0.2, 0) is 11.2 Å². The molecule has 3 aromatic rings. The van der Waals surface area contributed by atoms with Gasteiger partial charge in [-0.1, -0.05) is 42.8 Å². The fourth-order valence-electron chi connectivity index (χ4n) is 2.99. The molecule has 0 aliphatic rings. The summed E-state index contributed by atoms with van der Waals surface area (Å²) in [6.07, 6.45) is 0.904. The molecule has 0 saturated heterocycles. The third-order valence-electron chi connectivity index (χ3n) is 4.44.